The van der Waals surface area contributed by atoms with Gasteiger partial charge in [0.15, 0.2) is 22.4 Å². The maximum Gasteiger partial charge on any atom is 0.258 e. The zero-order chi connectivity index (χ0) is 24.2. The molecule has 0 bridgehead atoms. The zero-order valence-corrected chi connectivity index (χ0v) is 19.3. The van der Waals surface area contributed by atoms with E-state index in [0.717, 1.165) is 5.69 Å². The number of pyridine rings is 1. The number of fused-ring (bicyclic) bond motifs is 1. The van der Waals surface area contributed by atoms with Crippen LogP contribution in [0, 0.1) is 0 Å². The standard InChI is InChI=1S/C26H21N3O4S/c1-15(30)16-8-10-21-19(12-16)20(25(32)29-26(34)27-18-6-4-3-5-7-18)14-22(28-21)17-9-11-23(31)24(13-17)33-2/h3-14,31H,1-2H3,(H2,27,29,32,34). The van der Waals surface area contributed by atoms with Crippen molar-refractivity contribution in [2.45, 2.75) is 6.92 Å². The van der Waals surface area contributed by atoms with E-state index in [1.54, 1.807) is 36.4 Å². The van der Waals surface area contributed by atoms with Crippen LogP contribution in [0.2, 0.25) is 0 Å². The van der Waals surface area contributed by atoms with Gasteiger partial charge in [0, 0.05) is 22.2 Å². The summed E-state index contributed by atoms with van der Waals surface area (Å²) in [4.78, 5) is 29.9. The molecule has 170 valence electrons. The van der Waals surface area contributed by atoms with Gasteiger partial charge in [0.2, 0.25) is 0 Å². The number of para-hydroxylation sites is 1. The van der Waals surface area contributed by atoms with E-state index < -0.39 is 5.91 Å². The molecule has 0 unspecified atom stereocenters. The van der Waals surface area contributed by atoms with Crippen molar-refractivity contribution in [1.82, 2.24) is 10.3 Å². The summed E-state index contributed by atoms with van der Waals surface area (Å²) in [5.74, 6) is -0.297. The number of methoxy groups -OCH3 is 1. The molecule has 0 aliphatic rings. The number of thiocarbonyl (C=S) groups is 1. The number of benzene rings is 3. The molecule has 0 atom stereocenters. The van der Waals surface area contributed by atoms with Gasteiger partial charge in [0.25, 0.3) is 5.91 Å². The fraction of sp³-hybridized carbons (Fsp3) is 0.0769. The molecule has 1 aromatic heterocycles. The number of nitrogens with zero attached hydrogens (tertiary/aromatic N) is 1. The van der Waals surface area contributed by atoms with Crippen LogP contribution >= 0.6 is 12.2 Å². The topological polar surface area (TPSA) is 101 Å². The summed E-state index contributed by atoms with van der Waals surface area (Å²) >= 11 is 5.32. The van der Waals surface area contributed by atoms with Crippen LogP contribution in [0.1, 0.15) is 27.6 Å². The van der Waals surface area contributed by atoms with Gasteiger partial charge >= 0.3 is 0 Å². The van der Waals surface area contributed by atoms with Gasteiger partial charge in [-0.25, -0.2) is 4.98 Å². The van der Waals surface area contributed by atoms with Crippen molar-refractivity contribution in [3.8, 4) is 22.8 Å². The van der Waals surface area contributed by atoms with Crippen LogP contribution in [-0.4, -0.2) is 34.0 Å². The number of hydrogen-bond donors (Lipinski definition) is 3. The molecule has 0 radical (unpaired) electrons. The summed E-state index contributed by atoms with van der Waals surface area (Å²) in [6.45, 7) is 1.46. The second-order valence-electron chi connectivity index (χ2n) is 7.50. The molecule has 4 rings (SSSR count). The number of nitrogens with one attached hydrogen (secondary N) is 2. The summed E-state index contributed by atoms with van der Waals surface area (Å²) in [6.07, 6.45) is 0. The molecular weight excluding hydrogens is 450 g/mol. The Morgan fingerprint density at radius 3 is 2.47 bits per heavy atom. The number of amides is 1. The number of hydrogen-bond acceptors (Lipinski definition) is 6. The summed E-state index contributed by atoms with van der Waals surface area (Å²) < 4.78 is 5.20. The SMILES string of the molecule is COc1cc(-c2cc(C(=O)NC(=S)Nc3ccccc3)c3cc(C(C)=O)ccc3n2)ccc1O. The molecule has 0 aliphatic carbocycles. The predicted octanol–water partition coefficient (Wildman–Crippen LogP) is 4.95. The number of carbonyl (C=O) groups is 2. The number of phenolic OH excluding ortho intramolecular Hbond substituents is 1. The lowest BCUT2D eigenvalue weighted by Crippen LogP contribution is -2.34. The summed E-state index contributed by atoms with van der Waals surface area (Å²) in [6, 6.07) is 20.7. The van der Waals surface area contributed by atoms with Gasteiger partial charge < -0.3 is 15.2 Å². The zero-order valence-electron chi connectivity index (χ0n) is 18.5. The lowest BCUT2D eigenvalue weighted by molar-refractivity contribution is 0.0976. The molecule has 0 fully saturated rings. The van der Waals surface area contributed by atoms with Crippen molar-refractivity contribution in [3.63, 3.8) is 0 Å². The molecule has 7 nitrogen and oxygen atoms in total. The van der Waals surface area contributed by atoms with Crippen molar-refractivity contribution in [3.05, 3.63) is 83.9 Å². The Balaban J connectivity index is 1.77. The molecular formula is C26H21N3O4S. The number of aromatic hydroxyl groups is 1. The summed E-state index contributed by atoms with van der Waals surface area (Å²) in [5.41, 5.74) is 3.17. The first-order valence-electron chi connectivity index (χ1n) is 10.4. The average molecular weight is 472 g/mol. The number of Topliss-reactive ketones (excluding diaryl/α,β-unsaturated/α-hetero) is 1. The van der Waals surface area contributed by atoms with Crippen LogP contribution in [0.4, 0.5) is 5.69 Å². The number of carbonyl (C=O) groups excluding carboxylic acids is 2. The number of rotatable bonds is 5. The smallest absolute Gasteiger partial charge is 0.258 e. The first kappa shape index (κ1) is 22.9. The van der Waals surface area contributed by atoms with Crippen LogP contribution in [0.15, 0.2) is 72.8 Å². The number of ether oxygens (including phenoxy) is 1. The van der Waals surface area contributed by atoms with E-state index in [0.29, 0.717) is 33.3 Å². The third-order valence-electron chi connectivity index (χ3n) is 5.19. The van der Waals surface area contributed by atoms with E-state index in [1.165, 1.54) is 20.1 Å². The van der Waals surface area contributed by atoms with E-state index in [4.69, 9.17) is 17.0 Å². The molecule has 0 aliphatic heterocycles. The summed E-state index contributed by atoms with van der Waals surface area (Å²) in [5, 5.41) is 16.3. The van der Waals surface area contributed by atoms with Crippen LogP contribution in [0.3, 0.4) is 0 Å². The minimum Gasteiger partial charge on any atom is -0.504 e. The average Bonchev–Trinajstić information content (AvgIpc) is 2.83. The Morgan fingerprint density at radius 1 is 1.00 bits per heavy atom. The first-order valence-corrected chi connectivity index (χ1v) is 10.8. The van der Waals surface area contributed by atoms with Crippen LogP contribution < -0.4 is 15.4 Å². The van der Waals surface area contributed by atoms with Crippen LogP contribution in [0.25, 0.3) is 22.2 Å². The Kier molecular flexibility index (Phi) is 6.51. The number of ketones is 1. The Morgan fingerprint density at radius 2 is 1.76 bits per heavy atom. The van der Waals surface area contributed by atoms with Crippen LogP contribution in [-0.2, 0) is 0 Å². The Hall–Kier alpha value is -4.30. The lowest BCUT2D eigenvalue weighted by atomic mass is 10.0. The highest BCUT2D eigenvalue weighted by atomic mass is 32.1. The molecule has 1 amide bonds. The molecule has 4 aromatic rings. The highest BCUT2D eigenvalue weighted by Crippen LogP contribution is 2.32. The van der Waals surface area contributed by atoms with E-state index in [1.807, 2.05) is 30.3 Å². The van der Waals surface area contributed by atoms with Gasteiger partial charge in [-0.2, -0.15) is 0 Å². The second kappa shape index (κ2) is 9.68. The normalized spacial score (nSPS) is 10.5. The highest BCUT2D eigenvalue weighted by Gasteiger charge is 2.17. The second-order valence-corrected chi connectivity index (χ2v) is 7.91. The van der Waals surface area contributed by atoms with Crippen molar-refractivity contribution >= 4 is 45.6 Å². The molecule has 8 heteroatoms. The quantitative estimate of drug-likeness (QED) is 0.280. The maximum atomic E-state index is 13.3. The van der Waals surface area contributed by atoms with Crippen molar-refractivity contribution in [1.29, 1.82) is 0 Å². The van der Waals surface area contributed by atoms with Gasteiger partial charge in [-0.1, -0.05) is 18.2 Å². The summed E-state index contributed by atoms with van der Waals surface area (Å²) in [7, 11) is 1.45. The largest absolute Gasteiger partial charge is 0.504 e. The third-order valence-corrected chi connectivity index (χ3v) is 5.40. The van der Waals surface area contributed by atoms with Gasteiger partial charge in [-0.15, -0.1) is 0 Å². The molecule has 1 heterocycles. The molecule has 0 spiro atoms. The number of aromatic nitrogens is 1. The molecule has 3 N–H and O–H groups in total. The first-order chi connectivity index (χ1) is 16.4. The lowest BCUT2D eigenvalue weighted by Gasteiger charge is -2.13. The molecule has 34 heavy (non-hydrogen) atoms. The van der Waals surface area contributed by atoms with Gasteiger partial charge in [-0.05, 0) is 73.7 Å². The minimum atomic E-state index is -0.450. The van der Waals surface area contributed by atoms with Crippen molar-refractivity contribution in [2.75, 3.05) is 12.4 Å². The number of phenols is 1. The van der Waals surface area contributed by atoms with E-state index in [-0.39, 0.29) is 22.4 Å². The monoisotopic (exact) mass is 471 g/mol. The maximum absolute atomic E-state index is 13.3. The predicted molar refractivity (Wildman–Crippen MR) is 136 cm³/mol. The Bertz CT molecular complexity index is 1420. The van der Waals surface area contributed by atoms with E-state index >= 15 is 0 Å². The van der Waals surface area contributed by atoms with E-state index in [2.05, 4.69) is 15.6 Å². The molecule has 0 saturated carbocycles. The van der Waals surface area contributed by atoms with Crippen LogP contribution in [0.5, 0.6) is 11.5 Å². The third kappa shape index (κ3) is 4.87. The fourth-order valence-electron chi connectivity index (χ4n) is 3.47. The molecule has 0 saturated heterocycles. The number of anilines is 1. The fourth-order valence-corrected chi connectivity index (χ4v) is 3.68. The van der Waals surface area contributed by atoms with Gasteiger partial charge in [-0.3, -0.25) is 14.9 Å². The van der Waals surface area contributed by atoms with Gasteiger partial charge in [0.1, 0.15) is 0 Å². The van der Waals surface area contributed by atoms with Crippen molar-refractivity contribution < 1.29 is 19.4 Å². The van der Waals surface area contributed by atoms with E-state index in [9.17, 15) is 14.7 Å². The minimum absolute atomic E-state index is 0.00607. The van der Waals surface area contributed by atoms with Crippen molar-refractivity contribution in [2.24, 2.45) is 0 Å². The Labute approximate surface area is 201 Å². The molecule has 3 aromatic carbocycles. The van der Waals surface area contributed by atoms with Gasteiger partial charge in [0.05, 0.1) is 23.9 Å². The highest BCUT2D eigenvalue weighted by molar-refractivity contribution is 7.80.